The van der Waals surface area contributed by atoms with Gasteiger partial charge in [-0.1, -0.05) is 50.9 Å². The summed E-state index contributed by atoms with van der Waals surface area (Å²) in [6.45, 7) is 16.6. The van der Waals surface area contributed by atoms with Crippen LogP contribution in [0, 0.1) is 0 Å². The molecule has 0 atom stereocenters. The molecule has 0 aliphatic carbocycles. The number of nitrogens with one attached hydrogen (secondary N) is 1. The smallest absolute Gasteiger partial charge is 0.295 e. The minimum atomic E-state index is -3.00. The number of hydrogen-bond acceptors (Lipinski definition) is 12. The number of rotatable bonds is 11. The lowest BCUT2D eigenvalue weighted by Crippen LogP contribution is -2.44. The number of nitrogens with zero attached hydrogens (tertiary/aromatic N) is 5. The first kappa shape index (κ1) is 44.0. The molecule has 14 nitrogen and oxygen atoms in total. The number of aromatic amines is 1. The number of alkyl halides is 1. The molecule has 2 saturated heterocycles. The largest absolute Gasteiger partial charge is 0.366 e. The van der Waals surface area contributed by atoms with Gasteiger partial charge in [0.2, 0.25) is 0 Å². The third-order valence-corrected chi connectivity index (χ3v) is 14.8. The maximum Gasteiger partial charge on any atom is 0.295 e. The van der Waals surface area contributed by atoms with Gasteiger partial charge in [-0.15, -0.1) is 0 Å². The molecule has 0 unspecified atom stereocenters. The van der Waals surface area contributed by atoms with E-state index in [1.165, 1.54) is 16.8 Å². The zero-order chi connectivity index (χ0) is 37.0. The summed E-state index contributed by atoms with van der Waals surface area (Å²) in [7, 11) is -7.99. The number of H-pyrrole nitrogens is 1. The average molecular weight is 913 g/mol. The maximum absolute atomic E-state index is 12.6. The number of sulfone groups is 2. The summed E-state index contributed by atoms with van der Waals surface area (Å²) in [5, 5.41) is 0. The van der Waals surface area contributed by atoms with E-state index in [0.717, 1.165) is 12.7 Å². The molecule has 49 heavy (non-hydrogen) atoms. The molecule has 280 valence electrons. The monoisotopic (exact) mass is 910 g/mol. The van der Waals surface area contributed by atoms with Gasteiger partial charge in [0.15, 0.2) is 31.3 Å². The summed E-state index contributed by atoms with van der Waals surface area (Å²) < 4.78 is 58.7. The van der Waals surface area contributed by atoms with Crippen LogP contribution in [-0.2, 0) is 35.9 Å². The van der Waals surface area contributed by atoms with Gasteiger partial charge in [0, 0.05) is 67.9 Å². The van der Waals surface area contributed by atoms with Crippen molar-refractivity contribution in [2.75, 3.05) is 78.3 Å². The van der Waals surface area contributed by atoms with E-state index < -0.39 is 35.8 Å². The zero-order valence-corrected chi connectivity index (χ0v) is 36.6. The van der Waals surface area contributed by atoms with Crippen molar-refractivity contribution in [1.82, 2.24) is 19.5 Å². The molecule has 0 saturated carbocycles. The van der Waals surface area contributed by atoms with Gasteiger partial charge in [0.05, 0.1) is 23.0 Å². The Labute approximate surface area is 313 Å². The van der Waals surface area contributed by atoms with Crippen molar-refractivity contribution in [2.45, 2.75) is 58.1 Å². The molecule has 0 amide bonds. The highest BCUT2D eigenvalue weighted by atomic mass is 79.9. The Bertz CT molecular complexity index is 1680. The van der Waals surface area contributed by atoms with E-state index in [1.807, 2.05) is 0 Å². The quantitative estimate of drug-likeness (QED) is 0.196. The lowest BCUT2D eigenvalue weighted by Gasteiger charge is -2.27. The van der Waals surface area contributed by atoms with Crippen molar-refractivity contribution >= 4 is 90.9 Å². The van der Waals surface area contributed by atoms with E-state index in [4.69, 9.17) is 21.1 Å². The molecule has 2 aliphatic rings. The first-order valence-corrected chi connectivity index (χ1v) is 28.9. The van der Waals surface area contributed by atoms with Crippen LogP contribution in [0.2, 0.25) is 51.4 Å². The van der Waals surface area contributed by atoms with Gasteiger partial charge < -0.3 is 24.3 Å². The Kier molecular flexibility index (Phi) is 17.6. The number of ether oxygens (including phenoxy) is 2. The van der Waals surface area contributed by atoms with E-state index in [0.29, 0.717) is 35.0 Å². The molecule has 2 aromatic heterocycles. The standard InChI is InChI=1S/C14H24BrN3O4SSi.C8H10BrN3O3S.C6H15ClOSi/c1-24(2,3)9-6-22-11-18-10-12(15)16-13(14(18)19)17-4-7-23(20,21)8-5-17;9-6-5-10-8(13)7(11-6)12-1-3-16(14,15)4-2-12;1-9(2,3)5-4-8-6-7/h10H,4-9,11H2,1-3H3;5H,1-4H2,(H,10,13);4-6H2,1-3H3. The van der Waals surface area contributed by atoms with Crippen molar-refractivity contribution < 1.29 is 26.3 Å². The van der Waals surface area contributed by atoms with Gasteiger partial charge in [0.1, 0.15) is 22.0 Å². The Morgan fingerprint density at radius 1 is 0.776 bits per heavy atom. The van der Waals surface area contributed by atoms with E-state index in [2.05, 4.69) is 86.1 Å². The van der Waals surface area contributed by atoms with Crippen LogP contribution in [-0.4, -0.2) is 121 Å². The van der Waals surface area contributed by atoms with Gasteiger partial charge >= 0.3 is 0 Å². The highest BCUT2D eigenvalue weighted by Crippen LogP contribution is 2.15. The number of anilines is 2. The average Bonchev–Trinajstić information content (AvgIpc) is 2.98. The fourth-order valence-corrected chi connectivity index (χ4v) is 8.93. The summed E-state index contributed by atoms with van der Waals surface area (Å²) in [4.78, 5) is 38.3. The van der Waals surface area contributed by atoms with Gasteiger partial charge in [0.25, 0.3) is 11.1 Å². The van der Waals surface area contributed by atoms with Crippen LogP contribution in [0.15, 0.2) is 31.2 Å². The lowest BCUT2D eigenvalue weighted by atomic mass is 10.4. The first-order chi connectivity index (χ1) is 22.6. The molecule has 0 aromatic carbocycles. The van der Waals surface area contributed by atoms with Crippen molar-refractivity contribution in [1.29, 1.82) is 0 Å². The predicted molar refractivity (Wildman–Crippen MR) is 209 cm³/mol. The summed E-state index contributed by atoms with van der Waals surface area (Å²) >= 11 is 11.8. The highest BCUT2D eigenvalue weighted by molar-refractivity contribution is 9.10. The normalized spacial score (nSPS) is 17.4. The second kappa shape index (κ2) is 19.6. The first-order valence-electron chi connectivity index (χ1n) is 15.8. The van der Waals surface area contributed by atoms with Gasteiger partial charge in [-0.05, 0) is 43.9 Å². The fourth-order valence-electron chi connectivity index (χ4n) is 4.21. The van der Waals surface area contributed by atoms with Gasteiger partial charge in [-0.2, -0.15) is 0 Å². The molecule has 2 aromatic rings. The minimum Gasteiger partial charge on any atom is -0.366 e. The van der Waals surface area contributed by atoms with Crippen LogP contribution in [0.1, 0.15) is 0 Å². The molecule has 0 bridgehead atoms. The molecule has 4 heterocycles. The third kappa shape index (κ3) is 17.3. The van der Waals surface area contributed by atoms with Crippen molar-refractivity contribution in [3.63, 3.8) is 0 Å². The summed E-state index contributed by atoms with van der Waals surface area (Å²) in [5.41, 5.74) is -0.562. The van der Waals surface area contributed by atoms with Gasteiger partial charge in [-0.3, -0.25) is 14.2 Å². The van der Waals surface area contributed by atoms with Crippen LogP contribution >= 0.6 is 43.5 Å². The summed E-state index contributed by atoms with van der Waals surface area (Å²) in [6, 6.07) is 2.58. The molecule has 21 heteroatoms. The van der Waals surface area contributed by atoms with E-state index >= 15 is 0 Å². The molecular weight excluding hydrogens is 864 g/mol. The zero-order valence-electron chi connectivity index (χ0n) is 29.0. The van der Waals surface area contributed by atoms with E-state index in [9.17, 15) is 26.4 Å². The predicted octanol–water partition coefficient (Wildman–Crippen LogP) is 3.86. The van der Waals surface area contributed by atoms with E-state index in [1.54, 1.807) is 16.0 Å². The minimum absolute atomic E-state index is 0.0490. The van der Waals surface area contributed by atoms with Gasteiger partial charge in [-0.25, -0.2) is 26.8 Å². The van der Waals surface area contributed by atoms with Crippen molar-refractivity contribution in [3.05, 3.63) is 42.3 Å². The van der Waals surface area contributed by atoms with E-state index in [-0.39, 0.29) is 65.6 Å². The molecular formula is C28H49Br2ClN6O8S2Si2. The molecule has 0 spiro atoms. The number of hydrogen-bond donors (Lipinski definition) is 1. The van der Waals surface area contributed by atoms with Crippen LogP contribution in [0.5, 0.6) is 0 Å². The second-order valence-electron chi connectivity index (χ2n) is 14.0. The highest BCUT2D eigenvalue weighted by Gasteiger charge is 2.26. The third-order valence-electron chi connectivity index (χ3n) is 7.25. The van der Waals surface area contributed by atoms with Crippen molar-refractivity contribution in [3.8, 4) is 0 Å². The summed E-state index contributed by atoms with van der Waals surface area (Å²) in [5.74, 6) is 0.777. The van der Waals surface area contributed by atoms with Crippen LogP contribution < -0.4 is 20.9 Å². The lowest BCUT2D eigenvalue weighted by molar-refractivity contribution is 0.0845. The number of halogens is 3. The Morgan fingerprint density at radius 2 is 1.22 bits per heavy atom. The Morgan fingerprint density at radius 3 is 1.69 bits per heavy atom. The van der Waals surface area contributed by atoms with Crippen LogP contribution in [0.3, 0.4) is 0 Å². The second-order valence-corrected chi connectivity index (χ2v) is 31.7. The molecule has 2 fully saturated rings. The Hall–Kier alpha value is -1.14. The summed E-state index contributed by atoms with van der Waals surface area (Å²) in [6.07, 6.45) is 3.05. The fraction of sp³-hybridized carbons (Fsp3) is 0.714. The molecule has 1 N–H and O–H groups in total. The molecule has 4 rings (SSSR count). The number of aromatic nitrogens is 4. The molecule has 2 aliphatic heterocycles. The molecule has 0 radical (unpaired) electrons. The van der Waals surface area contributed by atoms with Crippen molar-refractivity contribution in [2.24, 2.45) is 0 Å². The maximum atomic E-state index is 12.6. The SMILES string of the molecule is C[Si](C)(C)CCOCCl.C[Si](C)(C)CCOCn1cc(Br)nc(N2CCS(=O)(=O)CC2)c1=O.O=c1[nH]cc(Br)nc1N1CCS(=O)(=O)CC1. The Balaban J connectivity index is 0.000000286. The van der Waals surface area contributed by atoms with Crippen LogP contribution in [0.4, 0.5) is 11.6 Å². The topological polar surface area (TPSA) is 174 Å². The van der Waals surface area contributed by atoms with Crippen LogP contribution in [0.25, 0.3) is 0 Å².